The van der Waals surface area contributed by atoms with Gasteiger partial charge in [-0.3, -0.25) is 0 Å². The molecule has 0 saturated heterocycles. The lowest BCUT2D eigenvalue weighted by Crippen LogP contribution is -2.09. The minimum Gasteiger partial charge on any atom is -0.478 e. The van der Waals surface area contributed by atoms with E-state index in [2.05, 4.69) is 32.8 Å². The highest BCUT2D eigenvalue weighted by Crippen LogP contribution is 2.15. The fraction of sp³-hybridized carbons (Fsp3) is 0.111. The van der Waals surface area contributed by atoms with Crippen LogP contribution in [0.4, 0.5) is 10.2 Å². The Bertz CT molecular complexity index is 409. The van der Waals surface area contributed by atoms with Crippen molar-refractivity contribution in [3.63, 3.8) is 0 Å². The van der Waals surface area contributed by atoms with Crippen LogP contribution >= 0.6 is 15.9 Å². The SMILES string of the molecule is C=C(Br)CNc1nccc(C(=O)O)c1F. The van der Waals surface area contributed by atoms with Crippen LogP contribution in [0.1, 0.15) is 10.4 Å². The summed E-state index contributed by atoms with van der Waals surface area (Å²) in [6, 6.07) is 1.10. The minimum absolute atomic E-state index is 0.101. The van der Waals surface area contributed by atoms with Gasteiger partial charge in [-0.2, -0.15) is 0 Å². The molecule has 1 aromatic rings. The fourth-order valence-corrected chi connectivity index (χ4v) is 1.05. The van der Waals surface area contributed by atoms with Gasteiger partial charge in [0.1, 0.15) is 5.56 Å². The van der Waals surface area contributed by atoms with Crippen molar-refractivity contribution >= 4 is 27.7 Å². The van der Waals surface area contributed by atoms with Gasteiger partial charge in [-0.05, 0) is 6.07 Å². The van der Waals surface area contributed by atoms with Crippen LogP contribution in [0.15, 0.2) is 23.3 Å². The molecule has 1 aromatic heterocycles. The molecule has 0 saturated carbocycles. The van der Waals surface area contributed by atoms with Crippen molar-refractivity contribution in [3.8, 4) is 0 Å². The van der Waals surface area contributed by atoms with Gasteiger partial charge in [0.25, 0.3) is 0 Å². The van der Waals surface area contributed by atoms with Crippen molar-refractivity contribution in [2.45, 2.75) is 0 Å². The third-order valence-corrected chi connectivity index (χ3v) is 1.85. The van der Waals surface area contributed by atoms with Crippen molar-refractivity contribution in [2.24, 2.45) is 0 Å². The summed E-state index contributed by atoms with van der Waals surface area (Å²) >= 11 is 3.08. The molecule has 0 aliphatic carbocycles. The van der Waals surface area contributed by atoms with E-state index in [1.165, 1.54) is 6.20 Å². The number of aromatic nitrogens is 1. The maximum Gasteiger partial charge on any atom is 0.338 e. The lowest BCUT2D eigenvalue weighted by atomic mass is 10.2. The summed E-state index contributed by atoms with van der Waals surface area (Å²) in [6.45, 7) is 3.82. The number of hydrogen-bond donors (Lipinski definition) is 2. The molecule has 0 spiro atoms. The van der Waals surface area contributed by atoms with Crippen molar-refractivity contribution in [1.82, 2.24) is 4.98 Å². The molecule has 1 heterocycles. The van der Waals surface area contributed by atoms with Crippen LogP contribution in [0.2, 0.25) is 0 Å². The van der Waals surface area contributed by atoms with E-state index in [1.807, 2.05) is 0 Å². The summed E-state index contributed by atoms with van der Waals surface area (Å²) < 4.78 is 14.0. The van der Waals surface area contributed by atoms with E-state index in [1.54, 1.807) is 0 Å². The predicted octanol–water partition coefficient (Wildman–Crippen LogP) is 2.24. The van der Waals surface area contributed by atoms with E-state index in [9.17, 15) is 9.18 Å². The van der Waals surface area contributed by atoms with Crippen LogP contribution in [-0.4, -0.2) is 22.6 Å². The Kier molecular flexibility index (Phi) is 3.79. The molecular formula is C9H8BrFN2O2. The first-order chi connectivity index (χ1) is 7.02. The van der Waals surface area contributed by atoms with E-state index >= 15 is 0 Å². The Balaban J connectivity index is 2.94. The molecule has 4 nitrogen and oxygen atoms in total. The van der Waals surface area contributed by atoms with Crippen molar-refractivity contribution in [3.05, 3.63) is 34.7 Å². The highest BCUT2D eigenvalue weighted by atomic mass is 79.9. The van der Waals surface area contributed by atoms with Gasteiger partial charge in [0.2, 0.25) is 0 Å². The monoisotopic (exact) mass is 274 g/mol. The Hall–Kier alpha value is -1.43. The molecule has 1 rings (SSSR count). The number of rotatable bonds is 4. The summed E-state index contributed by atoms with van der Waals surface area (Å²) in [4.78, 5) is 14.3. The van der Waals surface area contributed by atoms with Crippen LogP contribution in [0.25, 0.3) is 0 Å². The van der Waals surface area contributed by atoms with E-state index in [0.717, 1.165) is 6.07 Å². The quantitative estimate of drug-likeness (QED) is 0.884. The molecule has 0 aromatic carbocycles. The van der Waals surface area contributed by atoms with Crippen molar-refractivity contribution in [1.29, 1.82) is 0 Å². The van der Waals surface area contributed by atoms with Crippen LogP contribution in [0.5, 0.6) is 0 Å². The molecular weight excluding hydrogens is 267 g/mol. The highest BCUT2D eigenvalue weighted by molar-refractivity contribution is 9.11. The topological polar surface area (TPSA) is 62.2 Å². The summed E-state index contributed by atoms with van der Waals surface area (Å²) in [5.74, 6) is -2.30. The molecule has 0 aliphatic heterocycles. The standard InChI is InChI=1S/C9H8BrFN2O2/c1-5(10)4-13-8-7(11)6(9(14)15)2-3-12-8/h2-3H,1,4H2,(H,12,13)(H,14,15). The normalized spacial score (nSPS) is 9.73. The van der Waals surface area contributed by atoms with Crippen LogP contribution < -0.4 is 5.32 Å². The van der Waals surface area contributed by atoms with Gasteiger partial charge in [0.15, 0.2) is 11.6 Å². The number of nitrogens with zero attached hydrogens (tertiary/aromatic N) is 1. The Morgan fingerprint density at radius 1 is 1.73 bits per heavy atom. The first-order valence-corrected chi connectivity index (χ1v) is 4.76. The first-order valence-electron chi connectivity index (χ1n) is 3.97. The molecule has 6 heteroatoms. The van der Waals surface area contributed by atoms with Gasteiger partial charge in [0.05, 0.1) is 0 Å². The third-order valence-electron chi connectivity index (χ3n) is 1.57. The largest absolute Gasteiger partial charge is 0.478 e. The van der Waals surface area contributed by atoms with E-state index < -0.39 is 17.3 Å². The van der Waals surface area contributed by atoms with Crippen molar-refractivity contribution in [2.75, 3.05) is 11.9 Å². The number of pyridine rings is 1. The zero-order valence-electron chi connectivity index (χ0n) is 7.63. The molecule has 2 N–H and O–H groups in total. The number of carboxylic acid groups (broad SMARTS) is 1. The molecule has 0 aliphatic rings. The van der Waals surface area contributed by atoms with E-state index in [4.69, 9.17) is 5.11 Å². The average Bonchev–Trinajstić information content (AvgIpc) is 2.15. The molecule has 80 valence electrons. The lowest BCUT2D eigenvalue weighted by Gasteiger charge is -2.06. The molecule has 0 unspecified atom stereocenters. The van der Waals surface area contributed by atoms with Gasteiger partial charge in [0, 0.05) is 17.2 Å². The molecule has 0 amide bonds. The number of carbonyl (C=O) groups is 1. The van der Waals surface area contributed by atoms with Gasteiger partial charge >= 0.3 is 5.97 Å². The Morgan fingerprint density at radius 3 is 2.93 bits per heavy atom. The van der Waals surface area contributed by atoms with Gasteiger partial charge in [-0.15, -0.1) is 0 Å². The maximum absolute atomic E-state index is 13.4. The number of hydrogen-bond acceptors (Lipinski definition) is 3. The Labute approximate surface area is 94.0 Å². The smallest absolute Gasteiger partial charge is 0.338 e. The number of aromatic carboxylic acids is 1. The second kappa shape index (κ2) is 4.88. The minimum atomic E-state index is -1.32. The first kappa shape index (κ1) is 11.6. The van der Waals surface area contributed by atoms with Gasteiger partial charge in [-0.1, -0.05) is 22.5 Å². The van der Waals surface area contributed by atoms with Gasteiger partial charge in [-0.25, -0.2) is 14.2 Å². The second-order valence-electron chi connectivity index (χ2n) is 2.70. The Morgan fingerprint density at radius 2 is 2.40 bits per heavy atom. The van der Waals surface area contributed by atoms with Crippen LogP contribution in [-0.2, 0) is 0 Å². The molecule has 0 atom stereocenters. The molecule has 0 bridgehead atoms. The van der Waals surface area contributed by atoms with E-state index in [-0.39, 0.29) is 12.4 Å². The van der Waals surface area contributed by atoms with Gasteiger partial charge < -0.3 is 10.4 Å². The number of nitrogens with one attached hydrogen (secondary N) is 1. The third kappa shape index (κ3) is 3.02. The second-order valence-corrected chi connectivity index (χ2v) is 3.82. The highest BCUT2D eigenvalue weighted by Gasteiger charge is 2.14. The lowest BCUT2D eigenvalue weighted by molar-refractivity contribution is 0.0692. The summed E-state index contributed by atoms with van der Waals surface area (Å²) in [7, 11) is 0. The number of anilines is 1. The predicted molar refractivity (Wildman–Crippen MR) is 57.7 cm³/mol. The van der Waals surface area contributed by atoms with Crippen LogP contribution in [0, 0.1) is 5.82 Å². The number of halogens is 2. The summed E-state index contributed by atoms with van der Waals surface area (Å²) in [6.07, 6.45) is 1.23. The zero-order chi connectivity index (χ0) is 11.4. The van der Waals surface area contributed by atoms with Crippen molar-refractivity contribution < 1.29 is 14.3 Å². The molecule has 15 heavy (non-hydrogen) atoms. The fourth-order valence-electron chi connectivity index (χ4n) is 0.912. The maximum atomic E-state index is 13.4. The average molecular weight is 275 g/mol. The summed E-state index contributed by atoms with van der Waals surface area (Å²) in [5.41, 5.74) is -0.410. The summed E-state index contributed by atoms with van der Waals surface area (Å²) in [5, 5.41) is 11.3. The van der Waals surface area contributed by atoms with Crippen LogP contribution in [0.3, 0.4) is 0 Å². The number of carboxylic acids is 1. The molecule has 0 fully saturated rings. The zero-order valence-corrected chi connectivity index (χ0v) is 9.21. The molecule has 0 radical (unpaired) electrons. The van der Waals surface area contributed by atoms with E-state index in [0.29, 0.717) is 4.48 Å².